The highest BCUT2D eigenvalue weighted by molar-refractivity contribution is 7.94. The molecule has 0 atom stereocenters. The molecule has 1 heterocycles. The van der Waals surface area contributed by atoms with Crippen molar-refractivity contribution in [1.82, 2.24) is 0 Å². The number of benzene rings is 2. The summed E-state index contributed by atoms with van der Waals surface area (Å²) in [6, 6.07) is 10.1. The highest BCUT2D eigenvalue weighted by Crippen LogP contribution is 2.33. The first kappa shape index (κ1) is 21.9. The lowest BCUT2D eigenvalue weighted by Gasteiger charge is -2.18. The number of carbonyl (C=O) groups excluding carboxylic acids is 1. The summed E-state index contributed by atoms with van der Waals surface area (Å²) in [4.78, 5) is 11.8. The van der Waals surface area contributed by atoms with Crippen LogP contribution in [0.4, 0.5) is 11.4 Å². The van der Waals surface area contributed by atoms with Crippen LogP contribution in [0, 0.1) is 0 Å². The van der Waals surface area contributed by atoms with Crippen LogP contribution in [-0.4, -0.2) is 41.7 Å². The molecular formula is C19H22N2O7S2. The molecule has 3 rings (SSSR count). The summed E-state index contributed by atoms with van der Waals surface area (Å²) in [5.41, 5.74) is 0.225. The van der Waals surface area contributed by atoms with Crippen molar-refractivity contribution in [3.8, 4) is 11.5 Å². The molecule has 1 aliphatic heterocycles. The van der Waals surface area contributed by atoms with Crippen LogP contribution >= 0.6 is 0 Å². The largest absolute Gasteiger partial charge is 0.495 e. The van der Waals surface area contributed by atoms with E-state index in [0.717, 1.165) is 6.07 Å². The molecule has 0 radical (unpaired) electrons. The van der Waals surface area contributed by atoms with Crippen LogP contribution in [0.5, 0.6) is 11.5 Å². The third-order valence-electron chi connectivity index (χ3n) is 4.23. The van der Waals surface area contributed by atoms with Gasteiger partial charge in [-0.15, -0.1) is 0 Å². The first-order chi connectivity index (χ1) is 14.0. The Hall–Kier alpha value is -2.79. The number of nitrogens with zero attached hydrogens (tertiary/aromatic N) is 1. The average molecular weight is 455 g/mol. The molecule has 1 amide bonds. The highest BCUT2D eigenvalue weighted by atomic mass is 32.2. The number of nitrogens with one attached hydrogen (secondary N) is 1. The standard InChI is InChI=1S/C19H22N2O7S2/c1-13(2)28-16-7-4-14(5-8-16)20-30(25,26)18-12-15(6-9-17(18)27-3)21-19(22)10-11-29(21,23)24/h4-9,12-13,20H,10-11H2,1-3H3. The van der Waals surface area contributed by atoms with E-state index in [1.54, 1.807) is 24.3 Å². The Balaban J connectivity index is 1.95. The van der Waals surface area contributed by atoms with Crippen LogP contribution in [0.2, 0.25) is 0 Å². The van der Waals surface area contributed by atoms with Gasteiger partial charge < -0.3 is 9.47 Å². The Kier molecular flexibility index (Phi) is 5.95. The van der Waals surface area contributed by atoms with E-state index in [1.807, 2.05) is 13.8 Å². The quantitative estimate of drug-likeness (QED) is 0.682. The minimum Gasteiger partial charge on any atom is -0.495 e. The number of amides is 1. The van der Waals surface area contributed by atoms with Crippen LogP contribution in [0.25, 0.3) is 0 Å². The average Bonchev–Trinajstić information content (AvgIpc) is 2.95. The van der Waals surface area contributed by atoms with Gasteiger partial charge in [0.25, 0.3) is 10.0 Å². The van der Waals surface area contributed by atoms with E-state index in [1.165, 1.54) is 19.2 Å². The fourth-order valence-electron chi connectivity index (χ4n) is 2.95. The number of sulfonamides is 2. The van der Waals surface area contributed by atoms with Crippen LogP contribution in [0.15, 0.2) is 47.4 Å². The number of hydrogen-bond donors (Lipinski definition) is 1. The molecule has 1 saturated heterocycles. The summed E-state index contributed by atoms with van der Waals surface area (Å²) < 4.78 is 64.0. The number of anilines is 2. The zero-order valence-electron chi connectivity index (χ0n) is 16.7. The van der Waals surface area contributed by atoms with Crippen molar-refractivity contribution >= 4 is 37.3 Å². The number of carbonyl (C=O) groups is 1. The van der Waals surface area contributed by atoms with Gasteiger partial charge in [0.2, 0.25) is 15.9 Å². The number of ether oxygens (including phenoxy) is 2. The molecule has 0 unspecified atom stereocenters. The normalized spacial score (nSPS) is 16.0. The van der Waals surface area contributed by atoms with Gasteiger partial charge in [0.15, 0.2) is 0 Å². The first-order valence-electron chi connectivity index (χ1n) is 9.07. The number of methoxy groups -OCH3 is 1. The maximum atomic E-state index is 13.0. The molecule has 0 aliphatic carbocycles. The fraction of sp³-hybridized carbons (Fsp3) is 0.316. The third-order valence-corrected chi connectivity index (χ3v) is 7.32. The Morgan fingerprint density at radius 2 is 1.77 bits per heavy atom. The predicted octanol–water partition coefficient (Wildman–Crippen LogP) is 2.35. The maximum absolute atomic E-state index is 13.0. The zero-order chi connectivity index (χ0) is 22.1. The molecule has 162 valence electrons. The molecule has 1 fully saturated rings. The van der Waals surface area contributed by atoms with Crippen molar-refractivity contribution in [3.63, 3.8) is 0 Å². The molecule has 1 aliphatic rings. The van der Waals surface area contributed by atoms with Gasteiger partial charge in [-0.3, -0.25) is 9.52 Å². The molecule has 0 saturated carbocycles. The lowest BCUT2D eigenvalue weighted by Crippen LogP contribution is -2.29. The second-order valence-electron chi connectivity index (χ2n) is 6.86. The molecular weight excluding hydrogens is 432 g/mol. The number of rotatable bonds is 7. The minimum atomic E-state index is -4.15. The third kappa shape index (κ3) is 4.51. The van der Waals surface area contributed by atoms with Gasteiger partial charge >= 0.3 is 0 Å². The van der Waals surface area contributed by atoms with Crippen molar-refractivity contribution in [1.29, 1.82) is 0 Å². The van der Waals surface area contributed by atoms with Crippen molar-refractivity contribution in [2.75, 3.05) is 21.9 Å². The summed E-state index contributed by atoms with van der Waals surface area (Å²) in [5, 5.41) is 0. The lowest BCUT2D eigenvalue weighted by molar-refractivity contribution is -0.116. The number of hydrogen-bond acceptors (Lipinski definition) is 7. The van der Waals surface area contributed by atoms with Gasteiger partial charge in [-0.2, -0.15) is 0 Å². The van der Waals surface area contributed by atoms with Gasteiger partial charge in [0, 0.05) is 12.1 Å². The van der Waals surface area contributed by atoms with Crippen molar-refractivity contribution in [3.05, 3.63) is 42.5 Å². The predicted molar refractivity (Wildman–Crippen MR) is 112 cm³/mol. The van der Waals surface area contributed by atoms with E-state index in [-0.39, 0.29) is 40.3 Å². The molecule has 1 N–H and O–H groups in total. The summed E-state index contributed by atoms with van der Waals surface area (Å²) >= 11 is 0. The molecule has 0 bridgehead atoms. The van der Waals surface area contributed by atoms with E-state index in [9.17, 15) is 21.6 Å². The first-order valence-corrected chi connectivity index (χ1v) is 12.2. The monoisotopic (exact) mass is 454 g/mol. The smallest absolute Gasteiger partial charge is 0.265 e. The van der Waals surface area contributed by atoms with Crippen molar-refractivity contribution < 1.29 is 31.1 Å². The summed E-state index contributed by atoms with van der Waals surface area (Å²) in [6.07, 6.45) is -0.177. The van der Waals surface area contributed by atoms with Gasteiger partial charge in [-0.05, 0) is 56.3 Å². The van der Waals surface area contributed by atoms with Gasteiger partial charge in [0.05, 0.1) is 24.7 Å². The SMILES string of the molecule is COc1ccc(N2C(=O)CCS2(=O)=O)cc1S(=O)(=O)Nc1ccc(OC(C)C)cc1. The van der Waals surface area contributed by atoms with Gasteiger partial charge in [-0.1, -0.05) is 0 Å². The second-order valence-corrected chi connectivity index (χ2v) is 10.4. The Bertz CT molecular complexity index is 1160. The van der Waals surface area contributed by atoms with E-state index in [0.29, 0.717) is 10.1 Å². The molecule has 30 heavy (non-hydrogen) atoms. The molecule has 2 aromatic rings. The van der Waals surface area contributed by atoms with Crippen LogP contribution in [-0.2, 0) is 24.8 Å². The Labute approximate surface area is 175 Å². The van der Waals surface area contributed by atoms with Crippen molar-refractivity contribution in [2.24, 2.45) is 0 Å². The summed E-state index contributed by atoms with van der Waals surface area (Å²) in [7, 11) is -6.68. The summed E-state index contributed by atoms with van der Waals surface area (Å²) in [5.74, 6) is -0.333. The molecule has 11 heteroatoms. The van der Waals surface area contributed by atoms with E-state index < -0.39 is 26.0 Å². The topological polar surface area (TPSA) is 119 Å². The van der Waals surface area contributed by atoms with Crippen LogP contribution < -0.4 is 18.5 Å². The lowest BCUT2D eigenvalue weighted by atomic mass is 10.3. The zero-order valence-corrected chi connectivity index (χ0v) is 18.3. The molecule has 0 spiro atoms. The fourth-order valence-corrected chi connectivity index (χ4v) is 5.65. The Morgan fingerprint density at radius 1 is 1.10 bits per heavy atom. The highest BCUT2D eigenvalue weighted by Gasteiger charge is 2.37. The van der Waals surface area contributed by atoms with Gasteiger partial charge in [0.1, 0.15) is 16.4 Å². The minimum absolute atomic E-state index is 0.00931. The van der Waals surface area contributed by atoms with Crippen LogP contribution in [0.1, 0.15) is 20.3 Å². The molecule has 9 nitrogen and oxygen atoms in total. The maximum Gasteiger partial charge on any atom is 0.265 e. The Morgan fingerprint density at radius 3 is 2.30 bits per heavy atom. The molecule has 2 aromatic carbocycles. The van der Waals surface area contributed by atoms with Crippen molar-refractivity contribution in [2.45, 2.75) is 31.3 Å². The van der Waals surface area contributed by atoms with Gasteiger partial charge in [-0.25, -0.2) is 21.1 Å². The summed E-state index contributed by atoms with van der Waals surface area (Å²) in [6.45, 7) is 3.75. The molecule has 0 aromatic heterocycles. The van der Waals surface area contributed by atoms with E-state index in [4.69, 9.17) is 9.47 Å². The van der Waals surface area contributed by atoms with E-state index >= 15 is 0 Å². The second kappa shape index (κ2) is 8.15. The van der Waals surface area contributed by atoms with E-state index in [2.05, 4.69) is 4.72 Å². The van der Waals surface area contributed by atoms with Crippen LogP contribution in [0.3, 0.4) is 0 Å².